The van der Waals surface area contributed by atoms with Crippen LogP contribution in [0.3, 0.4) is 0 Å². The number of carboxylic acid groups (broad SMARTS) is 1. The number of aromatic nitrogens is 2. The number of benzene rings is 1. The number of hydrogen-bond donors (Lipinski definition) is 1. The highest BCUT2D eigenvalue weighted by molar-refractivity contribution is 5.92. The van der Waals surface area contributed by atoms with Gasteiger partial charge in [-0.3, -0.25) is 0 Å². The number of hydrogen-bond acceptors (Lipinski definition) is 4. The van der Waals surface area contributed by atoms with Gasteiger partial charge in [-0.1, -0.05) is 0 Å². The molecule has 0 atom stereocenters. The highest BCUT2D eigenvalue weighted by Gasteiger charge is 2.44. The van der Waals surface area contributed by atoms with Gasteiger partial charge in [-0.15, -0.1) is 10.2 Å². The van der Waals surface area contributed by atoms with Crippen LogP contribution in [0.4, 0.5) is 17.6 Å². The molecular weight excluding hydrogens is 344 g/mol. The number of aryl methyl sites for hydroxylation is 1. The number of nitrogens with zero attached hydrogens (tertiary/aromatic N) is 2. The Bertz CT molecular complexity index is 848. The van der Waals surface area contributed by atoms with Crippen LogP contribution in [0.2, 0.25) is 0 Å². The maximum atomic E-state index is 13.2. The van der Waals surface area contributed by atoms with Crippen molar-refractivity contribution in [1.82, 2.24) is 10.2 Å². The predicted octanol–water partition coefficient (Wildman–Crippen LogP) is 4.31. The highest BCUT2D eigenvalue weighted by atomic mass is 19.4. The van der Waals surface area contributed by atoms with E-state index in [4.69, 9.17) is 4.74 Å². The van der Waals surface area contributed by atoms with E-state index in [1.54, 1.807) is 0 Å². The van der Waals surface area contributed by atoms with Gasteiger partial charge in [-0.2, -0.15) is 13.2 Å². The van der Waals surface area contributed by atoms with Crippen LogP contribution >= 0.6 is 0 Å². The molecule has 1 aliphatic rings. The summed E-state index contributed by atoms with van der Waals surface area (Å²) < 4.78 is 58.0. The Hall–Kier alpha value is -2.71. The Balaban J connectivity index is 2.14. The molecule has 1 saturated carbocycles. The number of carbonyl (C=O) groups is 1. The van der Waals surface area contributed by atoms with E-state index in [9.17, 15) is 27.5 Å². The monoisotopic (exact) mass is 356 g/mol. The first-order valence-electron chi connectivity index (χ1n) is 7.33. The van der Waals surface area contributed by atoms with Gasteiger partial charge in [0.15, 0.2) is 5.69 Å². The molecule has 0 radical (unpaired) electrons. The summed E-state index contributed by atoms with van der Waals surface area (Å²) in [5.41, 5.74) is -2.04. The molecule has 25 heavy (non-hydrogen) atoms. The van der Waals surface area contributed by atoms with Crippen molar-refractivity contribution in [3.8, 4) is 11.6 Å². The van der Waals surface area contributed by atoms with Gasteiger partial charge in [0.2, 0.25) is 0 Å². The summed E-state index contributed by atoms with van der Waals surface area (Å²) in [7, 11) is 0. The fourth-order valence-electron chi connectivity index (χ4n) is 2.52. The topological polar surface area (TPSA) is 72.3 Å². The van der Waals surface area contributed by atoms with Gasteiger partial charge in [0.05, 0.1) is 0 Å². The maximum absolute atomic E-state index is 13.2. The van der Waals surface area contributed by atoms with E-state index in [0.717, 1.165) is 12.1 Å². The second-order valence-electron chi connectivity index (χ2n) is 5.73. The number of halogens is 4. The van der Waals surface area contributed by atoms with Gasteiger partial charge in [-0.25, -0.2) is 9.18 Å². The van der Waals surface area contributed by atoms with Gasteiger partial charge < -0.3 is 9.84 Å². The van der Waals surface area contributed by atoms with E-state index >= 15 is 0 Å². The normalized spacial score (nSPS) is 14.4. The molecule has 1 heterocycles. The van der Waals surface area contributed by atoms with Gasteiger partial charge in [0.1, 0.15) is 17.1 Å². The predicted molar refractivity (Wildman–Crippen MR) is 77.2 cm³/mol. The van der Waals surface area contributed by atoms with Crippen LogP contribution in [0.25, 0.3) is 0 Å². The molecule has 0 spiro atoms. The van der Waals surface area contributed by atoms with Crippen LogP contribution in [-0.2, 0) is 6.18 Å². The number of rotatable bonds is 4. The quantitative estimate of drug-likeness (QED) is 0.827. The first kappa shape index (κ1) is 17.1. The van der Waals surface area contributed by atoms with Crippen LogP contribution in [0.15, 0.2) is 18.2 Å². The molecule has 2 aromatic rings. The largest absolute Gasteiger partial charge is 0.477 e. The molecule has 1 N–H and O–H groups in total. The van der Waals surface area contributed by atoms with Gasteiger partial charge in [0.25, 0.3) is 5.88 Å². The minimum atomic E-state index is -4.82. The molecule has 0 saturated heterocycles. The van der Waals surface area contributed by atoms with Crippen LogP contribution in [-0.4, -0.2) is 21.3 Å². The van der Waals surface area contributed by atoms with Crippen molar-refractivity contribution in [3.05, 3.63) is 46.4 Å². The van der Waals surface area contributed by atoms with Crippen molar-refractivity contribution in [3.63, 3.8) is 0 Å². The second kappa shape index (κ2) is 5.98. The first-order chi connectivity index (χ1) is 11.7. The molecule has 1 aromatic carbocycles. The van der Waals surface area contributed by atoms with Crippen LogP contribution in [0.1, 0.15) is 45.9 Å². The number of ether oxygens (including phenoxy) is 1. The summed E-state index contributed by atoms with van der Waals surface area (Å²) >= 11 is 0. The molecular formula is C16H12F4N2O3. The Morgan fingerprint density at radius 1 is 1.28 bits per heavy atom. The van der Waals surface area contributed by atoms with Gasteiger partial charge in [-0.05, 0) is 49.4 Å². The number of alkyl halides is 3. The average molecular weight is 356 g/mol. The maximum Gasteiger partial charge on any atom is 0.435 e. The molecule has 132 valence electrons. The standard InChI is InChI=1S/C16H12F4N2O3/c1-7-6-9(17)4-5-10(7)25-14-12(15(23)24)11(8-2-3-8)13(21-22-14)16(18,19)20/h4-6,8H,2-3H2,1H3,(H,23,24). The Morgan fingerprint density at radius 2 is 1.96 bits per heavy atom. The molecule has 0 unspecified atom stereocenters. The third-order valence-corrected chi connectivity index (χ3v) is 3.79. The SMILES string of the molecule is Cc1cc(F)ccc1Oc1nnc(C(F)(F)F)c(C2CC2)c1C(=O)O. The Labute approximate surface area is 139 Å². The van der Waals surface area contributed by atoms with E-state index in [-0.39, 0.29) is 5.75 Å². The fraction of sp³-hybridized carbons (Fsp3) is 0.312. The van der Waals surface area contributed by atoms with E-state index < -0.39 is 46.6 Å². The third kappa shape index (κ3) is 3.40. The zero-order valence-electron chi connectivity index (χ0n) is 12.9. The molecule has 3 rings (SSSR count). The minimum Gasteiger partial charge on any atom is -0.477 e. The van der Waals surface area contributed by atoms with Crippen molar-refractivity contribution < 1.29 is 32.2 Å². The summed E-state index contributed by atoms with van der Waals surface area (Å²) in [5, 5.41) is 15.9. The summed E-state index contributed by atoms with van der Waals surface area (Å²) in [6.45, 7) is 1.51. The lowest BCUT2D eigenvalue weighted by Crippen LogP contribution is -2.18. The van der Waals surface area contributed by atoms with Crippen LogP contribution in [0, 0.1) is 12.7 Å². The van der Waals surface area contributed by atoms with Crippen molar-refractivity contribution in [2.24, 2.45) is 0 Å². The lowest BCUT2D eigenvalue weighted by molar-refractivity contribution is -0.142. The third-order valence-electron chi connectivity index (χ3n) is 3.79. The van der Waals surface area contributed by atoms with E-state index in [1.165, 1.54) is 13.0 Å². The molecule has 0 bridgehead atoms. The lowest BCUT2D eigenvalue weighted by atomic mass is 10.0. The number of aromatic carboxylic acids is 1. The summed E-state index contributed by atoms with van der Waals surface area (Å²) in [4.78, 5) is 11.6. The molecule has 1 aliphatic carbocycles. The summed E-state index contributed by atoms with van der Waals surface area (Å²) in [5.74, 6) is -3.12. The average Bonchev–Trinajstić information content (AvgIpc) is 3.32. The molecule has 9 heteroatoms. The molecule has 0 amide bonds. The zero-order valence-corrected chi connectivity index (χ0v) is 12.9. The summed E-state index contributed by atoms with van der Waals surface area (Å²) in [6, 6.07) is 3.48. The van der Waals surface area contributed by atoms with Crippen LogP contribution in [0.5, 0.6) is 11.6 Å². The molecule has 5 nitrogen and oxygen atoms in total. The van der Waals surface area contributed by atoms with Crippen molar-refractivity contribution >= 4 is 5.97 Å². The second-order valence-corrected chi connectivity index (χ2v) is 5.73. The number of carboxylic acids is 1. The molecule has 1 fully saturated rings. The van der Waals surface area contributed by atoms with Crippen LogP contribution < -0.4 is 4.74 Å². The minimum absolute atomic E-state index is 0.0831. The van der Waals surface area contributed by atoms with Gasteiger partial charge >= 0.3 is 12.1 Å². The summed E-state index contributed by atoms with van der Waals surface area (Å²) in [6.07, 6.45) is -3.95. The van der Waals surface area contributed by atoms with E-state index in [0.29, 0.717) is 18.4 Å². The van der Waals surface area contributed by atoms with Crippen molar-refractivity contribution in [1.29, 1.82) is 0 Å². The molecule has 1 aromatic heterocycles. The van der Waals surface area contributed by atoms with E-state index in [2.05, 4.69) is 10.2 Å². The Kier molecular flexibility index (Phi) is 4.09. The zero-order chi connectivity index (χ0) is 18.4. The van der Waals surface area contributed by atoms with Crippen molar-refractivity contribution in [2.45, 2.75) is 31.9 Å². The van der Waals surface area contributed by atoms with E-state index in [1.807, 2.05) is 0 Å². The smallest absolute Gasteiger partial charge is 0.435 e. The van der Waals surface area contributed by atoms with Crippen molar-refractivity contribution in [2.75, 3.05) is 0 Å². The molecule has 0 aliphatic heterocycles. The first-order valence-corrected chi connectivity index (χ1v) is 7.33. The lowest BCUT2D eigenvalue weighted by Gasteiger charge is -2.16. The Morgan fingerprint density at radius 3 is 2.48 bits per heavy atom. The highest BCUT2D eigenvalue weighted by Crippen LogP contribution is 2.48. The van der Waals surface area contributed by atoms with Gasteiger partial charge in [0, 0.05) is 5.56 Å². The fourth-order valence-corrected chi connectivity index (χ4v) is 2.52.